The Morgan fingerprint density at radius 3 is 2.40 bits per heavy atom. The Labute approximate surface area is 122 Å². The van der Waals surface area contributed by atoms with Crippen molar-refractivity contribution in [2.75, 3.05) is 14.2 Å². The molecule has 0 radical (unpaired) electrons. The average molecular weight is 300 g/mol. The Morgan fingerprint density at radius 1 is 1.30 bits per heavy atom. The standard InChI is InChI=1S/C13H17NO5S/c1-9(2)19-11-8-6-5-7-10(11)14(3,12(15)16)20-13(17)18-4/h5-9H,1-4H3/p+1. The van der Waals surface area contributed by atoms with E-state index < -0.39 is 15.3 Å². The summed E-state index contributed by atoms with van der Waals surface area (Å²) in [5.41, 5.74) is 0.365. The second-order valence-corrected chi connectivity index (χ2v) is 5.63. The van der Waals surface area contributed by atoms with Crippen molar-refractivity contribution in [3.8, 4) is 5.75 Å². The van der Waals surface area contributed by atoms with Crippen LogP contribution in [0.2, 0.25) is 0 Å². The summed E-state index contributed by atoms with van der Waals surface area (Å²) in [6.45, 7) is 3.69. The van der Waals surface area contributed by atoms with Crippen LogP contribution in [0.5, 0.6) is 5.75 Å². The number of hydrogen-bond acceptors (Lipinski definition) is 5. The molecule has 0 aliphatic heterocycles. The lowest BCUT2D eigenvalue weighted by Crippen LogP contribution is -2.44. The van der Waals surface area contributed by atoms with Gasteiger partial charge in [-0.2, -0.15) is 4.79 Å². The second-order valence-electron chi connectivity index (χ2n) is 4.39. The molecular weight excluding hydrogens is 282 g/mol. The molecule has 7 heteroatoms. The molecule has 1 aromatic rings. The lowest BCUT2D eigenvalue weighted by molar-refractivity contribution is 0.176. The zero-order chi connectivity index (χ0) is 15.3. The van der Waals surface area contributed by atoms with Gasteiger partial charge in [-0.15, -0.1) is 3.89 Å². The number of carbonyl (C=O) groups is 2. The second kappa shape index (κ2) is 6.62. The molecule has 0 saturated carbocycles. The van der Waals surface area contributed by atoms with Gasteiger partial charge in [-0.05, 0) is 19.9 Å². The first-order valence-electron chi connectivity index (χ1n) is 5.95. The number of amides is 1. The number of para-hydroxylation sites is 2. The minimum Gasteiger partial charge on any atom is -0.485 e. The van der Waals surface area contributed by atoms with Crippen molar-refractivity contribution >= 4 is 29.0 Å². The first-order chi connectivity index (χ1) is 9.31. The molecule has 20 heavy (non-hydrogen) atoms. The van der Waals surface area contributed by atoms with Gasteiger partial charge in [-0.1, -0.05) is 12.1 Å². The fourth-order valence-electron chi connectivity index (χ4n) is 1.54. The summed E-state index contributed by atoms with van der Waals surface area (Å²) in [5.74, 6) is 0.420. The van der Waals surface area contributed by atoms with Crippen molar-refractivity contribution < 1.29 is 24.2 Å². The molecule has 1 rings (SSSR count). The maximum Gasteiger partial charge on any atom is 0.531 e. The van der Waals surface area contributed by atoms with E-state index in [1.54, 1.807) is 24.3 Å². The predicted molar refractivity (Wildman–Crippen MR) is 77.9 cm³/mol. The van der Waals surface area contributed by atoms with Crippen LogP contribution < -0.4 is 8.63 Å². The molecule has 0 aliphatic rings. The maximum atomic E-state index is 11.6. The van der Waals surface area contributed by atoms with Gasteiger partial charge in [0.25, 0.3) is 0 Å². The fourth-order valence-corrected chi connectivity index (χ4v) is 2.24. The summed E-state index contributed by atoms with van der Waals surface area (Å²) in [5, 5.41) is 8.79. The molecular formula is C13H18NO5S+. The SMILES string of the molecule is COC(=O)S[N+](C)(C(=O)O)c1ccccc1OC(C)C. The Bertz CT molecular complexity index is 505. The highest BCUT2D eigenvalue weighted by molar-refractivity contribution is 8.13. The van der Waals surface area contributed by atoms with Gasteiger partial charge in [0.1, 0.15) is 0 Å². The lowest BCUT2D eigenvalue weighted by atomic mass is 10.2. The highest BCUT2D eigenvalue weighted by atomic mass is 32.2. The third-order valence-corrected chi connectivity index (χ3v) is 3.51. The summed E-state index contributed by atoms with van der Waals surface area (Å²) in [6, 6.07) is 6.73. The fraction of sp³-hybridized carbons (Fsp3) is 0.385. The van der Waals surface area contributed by atoms with Crippen LogP contribution in [0.1, 0.15) is 13.8 Å². The Hall–Kier alpha value is -1.73. The van der Waals surface area contributed by atoms with Crippen molar-refractivity contribution in [2.45, 2.75) is 20.0 Å². The molecule has 0 aliphatic carbocycles. The van der Waals surface area contributed by atoms with Gasteiger partial charge in [-0.25, -0.2) is 4.79 Å². The average Bonchev–Trinajstić information content (AvgIpc) is 2.38. The summed E-state index contributed by atoms with van der Waals surface area (Å²) < 4.78 is 9.44. The smallest absolute Gasteiger partial charge is 0.485 e. The molecule has 1 aromatic carbocycles. The largest absolute Gasteiger partial charge is 0.531 e. The van der Waals surface area contributed by atoms with E-state index in [1.807, 2.05) is 13.8 Å². The summed E-state index contributed by atoms with van der Waals surface area (Å²) in [6.07, 6.45) is -1.30. The number of methoxy groups -OCH3 is 1. The van der Waals surface area contributed by atoms with Crippen LogP contribution in [0.4, 0.5) is 15.3 Å². The minimum absolute atomic E-state index is 0.110. The van der Waals surface area contributed by atoms with E-state index in [0.717, 1.165) is 0 Å². The van der Waals surface area contributed by atoms with Crippen LogP contribution in [-0.2, 0) is 4.74 Å². The molecule has 6 nitrogen and oxygen atoms in total. The van der Waals surface area contributed by atoms with Gasteiger partial charge in [-0.3, -0.25) is 0 Å². The topological polar surface area (TPSA) is 72.8 Å². The van der Waals surface area contributed by atoms with Gasteiger partial charge in [0.05, 0.1) is 20.3 Å². The third kappa shape index (κ3) is 3.64. The minimum atomic E-state index is -1.19. The monoisotopic (exact) mass is 300 g/mol. The van der Waals surface area contributed by atoms with E-state index in [0.29, 0.717) is 23.4 Å². The number of ether oxygens (including phenoxy) is 2. The van der Waals surface area contributed by atoms with E-state index in [2.05, 4.69) is 4.74 Å². The van der Waals surface area contributed by atoms with Crippen molar-refractivity contribution in [2.24, 2.45) is 0 Å². The van der Waals surface area contributed by atoms with Gasteiger partial charge >= 0.3 is 11.4 Å². The van der Waals surface area contributed by atoms with E-state index >= 15 is 0 Å². The normalized spacial score (nSPS) is 13.7. The quantitative estimate of drug-likeness (QED) is 0.523. The van der Waals surface area contributed by atoms with E-state index in [9.17, 15) is 14.7 Å². The van der Waals surface area contributed by atoms with Crippen LogP contribution in [0.15, 0.2) is 24.3 Å². The summed E-state index contributed by atoms with van der Waals surface area (Å²) in [4.78, 5) is 23.1. The number of rotatable bonds is 3. The number of carboxylic acid groups (broad SMARTS) is 1. The molecule has 1 N–H and O–H groups in total. The number of quaternary nitrogens is 1. The van der Waals surface area contributed by atoms with Gasteiger partial charge in [0.15, 0.2) is 11.4 Å². The lowest BCUT2D eigenvalue weighted by Gasteiger charge is -2.25. The molecule has 0 aromatic heterocycles. The van der Waals surface area contributed by atoms with E-state index in [4.69, 9.17) is 4.74 Å². The summed E-state index contributed by atoms with van der Waals surface area (Å²) in [7, 11) is 2.60. The van der Waals surface area contributed by atoms with Crippen molar-refractivity contribution in [1.82, 2.24) is 3.89 Å². The first-order valence-corrected chi connectivity index (χ1v) is 6.72. The molecule has 0 spiro atoms. The molecule has 0 heterocycles. The number of hydrogen-bond donors (Lipinski definition) is 1. The molecule has 1 amide bonds. The molecule has 1 atom stereocenters. The summed E-state index contributed by atoms with van der Waals surface area (Å²) >= 11 is 0.546. The molecule has 0 fully saturated rings. The van der Waals surface area contributed by atoms with Gasteiger partial charge in [0, 0.05) is 6.07 Å². The predicted octanol–water partition coefficient (Wildman–Crippen LogP) is 3.50. The Balaban J connectivity index is 3.28. The highest BCUT2D eigenvalue weighted by Gasteiger charge is 2.43. The van der Waals surface area contributed by atoms with Crippen molar-refractivity contribution in [3.63, 3.8) is 0 Å². The van der Waals surface area contributed by atoms with Gasteiger partial charge in [0.2, 0.25) is 11.9 Å². The number of carbonyl (C=O) groups excluding carboxylic acids is 1. The Kier molecular flexibility index (Phi) is 5.41. The van der Waals surface area contributed by atoms with Crippen LogP contribution in [0.25, 0.3) is 0 Å². The van der Waals surface area contributed by atoms with Crippen LogP contribution in [0, 0.1) is 0 Å². The van der Waals surface area contributed by atoms with E-state index in [-0.39, 0.29) is 6.10 Å². The van der Waals surface area contributed by atoms with Crippen molar-refractivity contribution in [1.29, 1.82) is 0 Å². The van der Waals surface area contributed by atoms with Crippen molar-refractivity contribution in [3.05, 3.63) is 24.3 Å². The Morgan fingerprint density at radius 2 is 1.90 bits per heavy atom. The molecule has 1 unspecified atom stereocenters. The highest BCUT2D eigenvalue weighted by Crippen LogP contribution is 2.39. The molecule has 0 bridgehead atoms. The third-order valence-electron chi connectivity index (χ3n) is 2.48. The van der Waals surface area contributed by atoms with Crippen LogP contribution >= 0.6 is 11.9 Å². The number of benzene rings is 1. The number of nitrogens with zero attached hydrogens (tertiary/aromatic N) is 1. The molecule has 110 valence electrons. The zero-order valence-corrected chi connectivity index (χ0v) is 12.6. The van der Waals surface area contributed by atoms with E-state index in [1.165, 1.54) is 14.2 Å². The first kappa shape index (κ1) is 16.3. The molecule has 0 saturated heterocycles. The van der Waals surface area contributed by atoms with Crippen LogP contribution in [-0.4, -0.2) is 36.8 Å². The maximum absolute atomic E-state index is 11.6. The van der Waals surface area contributed by atoms with Crippen LogP contribution in [0.3, 0.4) is 0 Å². The van der Waals surface area contributed by atoms with Gasteiger partial charge < -0.3 is 14.6 Å². The zero-order valence-electron chi connectivity index (χ0n) is 11.8.